The maximum atomic E-state index is 11.8. The van der Waals surface area contributed by atoms with Crippen molar-refractivity contribution in [3.63, 3.8) is 0 Å². The third-order valence-corrected chi connectivity index (χ3v) is 3.23. The van der Waals surface area contributed by atoms with Crippen LogP contribution in [0.1, 0.15) is 12.8 Å². The van der Waals surface area contributed by atoms with Crippen LogP contribution in [0, 0.1) is 0 Å². The van der Waals surface area contributed by atoms with E-state index in [1.807, 2.05) is 0 Å². The van der Waals surface area contributed by atoms with Gasteiger partial charge in [-0.3, -0.25) is 9.59 Å². The number of esters is 1. The predicted molar refractivity (Wildman–Crippen MR) is 100 cm³/mol. The molecular formula is C17H24N2O6S. The molecule has 1 aromatic carbocycles. The van der Waals surface area contributed by atoms with Crippen molar-refractivity contribution in [2.75, 3.05) is 46.0 Å². The smallest absolute Gasteiger partial charge is 0.306 e. The van der Waals surface area contributed by atoms with Gasteiger partial charge >= 0.3 is 5.97 Å². The number of nitrogens with one attached hydrogen (secondary N) is 2. The molecule has 1 amide bonds. The van der Waals surface area contributed by atoms with E-state index in [2.05, 4.69) is 10.6 Å². The topological polar surface area (TPSA) is 95.1 Å². The number of benzene rings is 1. The van der Waals surface area contributed by atoms with Crippen molar-refractivity contribution in [3.05, 3.63) is 24.3 Å². The molecule has 0 atom stereocenters. The lowest BCUT2D eigenvalue weighted by Gasteiger charge is -2.11. The number of anilines is 1. The molecule has 144 valence electrons. The van der Waals surface area contributed by atoms with Crippen molar-refractivity contribution < 1.29 is 28.5 Å². The normalized spacial score (nSPS) is 10.1. The summed E-state index contributed by atoms with van der Waals surface area (Å²) in [4.78, 5) is 23.2. The maximum absolute atomic E-state index is 11.8. The fourth-order valence-corrected chi connectivity index (χ4v) is 1.99. The molecule has 0 aliphatic carbocycles. The highest BCUT2D eigenvalue weighted by Crippen LogP contribution is 2.15. The molecule has 9 heteroatoms. The number of hydrogen-bond donors (Lipinski definition) is 2. The second-order valence-electron chi connectivity index (χ2n) is 5.08. The van der Waals surface area contributed by atoms with Crippen LogP contribution in [0.2, 0.25) is 0 Å². The van der Waals surface area contributed by atoms with Gasteiger partial charge in [-0.1, -0.05) is 0 Å². The van der Waals surface area contributed by atoms with Crippen LogP contribution in [0.5, 0.6) is 5.75 Å². The Balaban J connectivity index is 2.28. The zero-order valence-corrected chi connectivity index (χ0v) is 15.7. The molecule has 0 radical (unpaired) electrons. The first-order valence-corrected chi connectivity index (χ1v) is 8.43. The van der Waals surface area contributed by atoms with E-state index in [1.165, 1.54) is 7.11 Å². The van der Waals surface area contributed by atoms with Gasteiger partial charge in [0.2, 0.25) is 5.91 Å². The van der Waals surface area contributed by atoms with E-state index < -0.39 is 5.97 Å². The Morgan fingerprint density at radius 1 is 0.962 bits per heavy atom. The molecule has 2 N–H and O–H groups in total. The summed E-state index contributed by atoms with van der Waals surface area (Å²) in [6.45, 7) is 1.46. The minimum Gasteiger partial charge on any atom is -0.491 e. The van der Waals surface area contributed by atoms with Gasteiger partial charge in [-0.25, -0.2) is 0 Å². The summed E-state index contributed by atoms with van der Waals surface area (Å²) in [6, 6.07) is 7.10. The summed E-state index contributed by atoms with van der Waals surface area (Å²) >= 11 is 5.07. The Bertz CT molecular complexity index is 579. The van der Waals surface area contributed by atoms with Crippen LogP contribution in [0.3, 0.4) is 0 Å². The summed E-state index contributed by atoms with van der Waals surface area (Å²) in [6.07, 6.45) is -0.0361. The molecule has 0 saturated heterocycles. The van der Waals surface area contributed by atoms with Crippen molar-refractivity contribution >= 4 is 34.9 Å². The van der Waals surface area contributed by atoms with Crippen LogP contribution >= 0.6 is 12.2 Å². The molecule has 26 heavy (non-hydrogen) atoms. The average Bonchev–Trinajstić information content (AvgIpc) is 2.62. The lowest BCUT2D eigenvalue weighted by atomic mass is 10.3. The lowest BCUT2D eigenvalue weighted by molar-refractivity contribution is -0.146. The molecule has 0 aliphatic rings. The summed E-state index contributed by atoms with van der Waals surface area (Å²) in [7, 11) is 3.12. The third kappa shape index (κ3) is 9.92. The van der Waals surface area contributed by atoms with Crippen LogP contribution in [0.15, 0.2) is 24.3 Å². The van der Waals surface area contributed by atoms with Gasteiger partial charge in [0.25, 0.3) is 0 Å². The summed E-state index contributed by atoms with van der Waals surface area (Å²) in [5, 5.41) is 5.54. The zero-order valence-electron chi connectivity index (χ0n) is 14.9. The van der Waals surface area contributed by atoms with Gasteiger partial charge in [0.05, 0.1) is 19.6 Å². The molecule has 0 saturated carbocycles. The van der Waals surface area contributed by atoms with Crippen LogP contribution in [-0.2, 0) is 23.8 Å². The molecule has 1 rings (SSSR count). The van der Waals surface area contributed by atoms with Gasteiger partial charge in [-0.15, -0.1) is 0 Å². The Kier molecular flexibility index (Phi) is 10.9. The van der Waals surface area contributed by atoms with Crippen molar-refractivity contribution in [2.24, 2.45) is 0 Å². The number of hydrogen-bond acceptors (Lipinski definition) is 7. The van der Waals surface area contributed by atoms with Gasteiger partial charge in [-0.2, -0.15) is 0 Å². The molecule has 0 aliphatic heterocycles. The number of ether oxygens (including phenoxy) is 4. The predicted octanol–water partition coefficient (Wildman–Crippen LogP) is 1.49. The van der Waals surface area contributed by atoms with Crippen LogP contribution in [0.4, 0.5) is 5.69 Å². The number of methoxy groups -OCH3 is 2. The monoisotopic (exact) mass is 384 g/mol. The highest BCUT2D eigenvalue weighted by atomic mass is 32.1. The van der Waals surface area contributed by atoms with Crippen molar-refractivity contribution in [1.82, 2.24) is 5.32 Å². The number of carbonyl (C=O) groups is 2. The maximum Gasteiger partial charge on any atom is 0.306 e. The van der Waals surface area contributed by atoms with Crippen LogP contribution < -0.4 is 15.4 Å². The molecule has 0 unspecified atom stereocenters. The Morgan fingerprint density at radius 2 is 1.62 bits per heavy atom. The SMILES string of the molecule is COCCOC(=O)CCC(=O)NC(=S)Nc1ccc(OCCOC)cc1. The number of carbonyl (C=O) groups excluding carboxylic acids is 2. The molecule has 0 spiro atoms. The van der Waals surface area contributed by atoms with Gasteiger partial charge < -0.3 is 29.6 Å². The first kappa shape index (κ1) is 21.8. The van der Waals surface area contributed by atoms with Crippen molar-refractivity contribution in [1.29, 1.82) is 0 Å². The second-order valence-corrected chi connectivity index (χ2v) is 5.49. The van der Waals surface area contributed by atoms with Crippen LogP contribution in [0.25, 0.3) is 0 Å². The fourth-order valence-electron chi connectivity index (χ4n) is 1.76. The molecule has 1 aromatic rings. The number of thiocarbonyl (C=S) groups is 1. The van der Waals surface area contributed by atoms with Crippen molar-refractivity contribution in [2.45, 2.75) is 12.8 Å². The minimum absolute atomic E-state index is 0.0140. The summed E-state index contributed by atoms with van der Waals surface area (Å²) < 4.78 is 20.0. The van der Waals surface area contributed by atoms with E-state index in [4.69, 9.17) is 31.2 Å². The van der Waals surface area contributed by atoms with Gasteiger partial charge in [-0.05, 0) is 36.5 Å². The van der Waals surface area contributed by atoms with E-state index >= 15 is 0 Å². The molecule has 0 heterocycles. The van der Waals surface area contributed by atoms with Gasteiger partial charge in [0.1, 0.15) is 19.0 Å². The Labute approximate surface area is 158 Å². The summed E-state index contributed by atoms with van der Waals surface area (Å²) in [5.74, 6) is -0.125. The standard InChI is InChI=1S/C17H24N2O6S/c1-22-9-11-24-14-5-3-13(4-6-14)18-17(26)19-15(20)7-8-16(21)25-12-10-23-2/h3-6H,7-12H2,1-2H3,(H2,18,19,20,26). The molecular weight excluding hydrogens is 360 g/mol. The Morgan fingerprint density at radius 3 is 2.27 bits per heavy atom. The van der Waals surface area contributed by atoms with Gasteiger partial charge in [0, 0.05) is 26.3 Å². The average molecular weight is 384 g/mol. The zero-order chi connectivity index (χ0) is 19.2. The Hall–Kier alpha value is -2.23. The van der Waals surface area contributed by atoms with E-state index in [9.17, 15) is 9.59 Å². The number of amides is 1. The number of rotatable bonds is 11. The van der Waals surface area contributed by atoms with E-state index in [0.29, 0.717) is 31.3 Å². The quantitative estimate of drug-likeness (QED) is 0.337. The lowest BCUT2D eigenvalue weighted by Crippen LogP contribution is -2.34. The summed E-state index contributed by atoms with van der Waals surface area (Å²) in [5.41, 5.74) is 0.702. The molecule has 0 bridgehead atoms. The van der Waals surface area contributed by atoms with Crippen LogP contribution in [-0.4, -0.2) is 57.6 Å². The largest absolute Gasteiger partial charge is 0.491 e. The fraction of sp³-hybridized carbons (Fsp3) is 0.471. The van der Waals surface area contributed by atoms with Crippen molar-refractivity contribution in [3.8, 4) is 5.75 Å². The molecule has 0 aromatic heterocycles. The molecule has 0 fully saturated rings. The third-order valence-electron chi connectivity index (χ3n) is 3.03. The minimum atomic E-state index is -0.458. The van der Waals surface area contributed by atoms with E-state index in [-0.39, 0.29) is 30.5 Å². The highest BCUT2D eigenvalue weighted by Gasteiger charge is 2.09. The first-order valence-electron chi connectivity index (χ1n) is 8.02. The van der Waals surface area contributed by atoms with E-state index in [0.717, 1.165) is 0 Å². The first-order chi connectivity index (χ1) is 12.5. The van der Waals surface area contributed by atoms with Gasteiger partial charge in [0.15, 0.2) is 5.11 Å². The molecule has 8 nitrogen and oxygen atoms in total. The highest BCUT2D eigenvalue weighted by molar-refractivity contribution is 7.80. The second kappa shape index (κ2) is 13.0. The van der Waals surface area contributed by atoms with E-state index in [1.54, 1.807) is 31.4 Å².